The maximum Gasteiger partial charge on any atom is 0.390 e. The highest BCUT2D eigenvalue weighted by Crippen LogP contribution is 2.10. The molecule has 0 aliphatic heterocycles. The van der Waals surface area contributed by atoms with Crippen molar-refractivity contribution in [2.45, 2.75) is 0 Å². The van der Waals surface area contributed by atoms with Crippen LogP contribution in [0.2, 0.25) is 0 Å². The maximum atomic E-state index is 10.4. The van der Waals surface area contributed by atoms with Gasteiger partial charge in [-0.1, -0.05) is 0 Å². The number of hydrogen-bond acceptors (Lipinski definition) is 5. The second kappa shape index (κ2) is 3.78. The van der Waals surface area contributed by atoms with Crippen molar-refractivity contribution in [1.82, 2.24) is 14.8 Å². The molecule has 0 radical (unpaired) electrons. The molecule has 0 aromatic carbocycles. The van der Waals surface area contributed by atoms with Gasteiger partial charge in [0, 0.05) is 6.20 Å². The molecule has 0 aliphatic rings. The third-order valence-electron chi connectivity index (χ3n) is 1.87. The van der Waals surface area contributed by atoms with Crippen LogP contribution in [0.4, 0.5) is 5.82 Å². The lowest BCUT2D eigenvalue weighted by atomic mass is 10.3. The van der Waals surface area contributed by atoms with Gasteiger partial charge in [-0.05, 0) is 17.1 Å². The van der Waals surface area contributed by atoms with E-state index in [4.69, 9.17) is 5.26 Å². The number of nitrogens with zero attached hydrogens (tertiary/aromatic N) is 5. The Kier molecular flexibility index (Phi) is 2.31. The summed E-state index contributed by atoms with van der Waals surface area (Å²) in [5, 5.41) is 22.7. The molecule has 0 fully saturated rings. The zero-order chi connectivity index (χ0) is 11.5. The number of nitriles is 1. The molecular formula is C9H5N5O2. The zero-order valence-corrected chi connectivity index (χ0v) is 7.94. The fourth-order valence-corrected chi connectivity index (χ4v) is 1.13. The molecule has 0 amide bonds. The fourth-order valence-electron chi connectivity index (χ4n) is 1.13. The molecule has 0 unspecified atom stereocenters. The Morgan fingerprint density at radius 1 is 1.44 bits per heavy atom. The van der Waals surface area contributed by atoms with E-state index in [0.717, 1.165) is 0 Å². The van der Waals surface area contributed by atoms with Crippen molar-refractivity contribution in [2.24, 2.45) is 0 Å². The monoisotopic (exact) mass is 215 g/mol. The summed E-state index contributed by atoms with van der Waals surface area (Å²) < 4.78 is 1.28. The number of hydrogen-bond donors (Lipinski definition) is 0. The minimum absolute atomic E-state index is 0.244. The van der Waals surface area contributed by atoms with Gasteiger partial charge >= 0.3 is 5.82 Å². The van der Waals surface area contributed by atoms with Crippen LogP contribution in [0.25, 0.3) is 5.82 Å². The molecule has 0 saturated carbocycles. The average Bonchev–Trinajstić information content (AvgIpc) is 2.78. The predicted molar refractivity (Wildman–Crippen MR) is 52.7 cm³/mol. The van der Waals surface area contributed by atoms with Crippen molar-refractivity contribution in [2.75, 3.05) is 0 Å². The molecule has 7 nitrogen and oxygen atoms in total. The summed E-state index contributed by atoms with van der Waals surface area (Å²) in [4.78, 5) is 13.8. The lowest BCUT2D eigenvalue weighted by Gasteiger charge is -1.94. The number of aromatic nitrogens is 3. The number of nitro groups is 1. The van der Waals surface area contributed by atoms with Crippen LogP contribution in [0.3, 0.4) is 0 Å². The van der Waals surface area contributed by atoms with Gasteiger partial charge in [-0.2, -0.15) is 5.26 Å². The third-order valence-corrected chi connectivity index (χ3v) is 1.87. The smallest absolute Gasteiger partial charge is 0.358 e. The standard InChI is InChI=1S/C9H5N5O2/c10-5-7-1-2-8(11-6-7)13-4-3-9(12-13)14(15)16/h1-4,6H. The SMILES string of the molecule is N#Cc1ccc(-n2ccc([N+](=O)[O-])n2)nc1. The summed E-state index contributed by atoms with van der Waals surface area (Å²) in [5.41, 5.74) is 0.422. The van der Waals surface area contributed by atoms with Crippen LogP contribution in [0.1, 0.15) is 5.56 Å². The highest BCUT2D eigenvalue weighted by molar-refractivity contribution is 5.32. The van der Waals surface area contributed by atoms with E-state index in [1.165, 1.54) is 23.1 Å². The Balaban J connectivity index is 2.36. The van der Waals surface area contributed by atoms with Gasteiger partial charge in [0.2, 0.25) is 0 Å². The first-order valence-electron chi connectivity index (χ1n) is 4.27. The van der Waals surface area contributed by atoms with E-state index in [2.05, 4.69) is 10.1 Å². The van der Waals surface area contributed by atoms with Crippen LogP contribution < -0.4 is 0 Å². The fraction of sp³-hybridized carbons (Fsp3) is 0. The molecule has 78 valence electrons. The van der Waals surface area contributed by atoms with E-state index in [0.29, 0.717) is 11.4 Å². The maximum absolute atomic E-state index is 10.4. The Bertz CT molecular complexity index is 566. The molecule has 0 atom stereocenters. The second-order valence-electron chi connectivity index (χ2n) is 2.89. The van der Waals surface area contributed by atoms with E-state index in [1.807, 2.05) is 6.07 Å². The molecule has 2 aromatic rings. The predicted octanol–water partition coefficient (Wildman–Crippen LogP) is 1.05. The summed E-state index contributed by atoms with van der Waals surface area (Å²) in [7, 11) is 0. The first kappa shape index (κ1) is 9.79. The number of pyridine rings is 1. The molecular weight excluding hydrogens is 210 g/mol. The molecule has 2 aromatic heterocycles. The van der Waals surface area contributed by atoms with Gasteiger partial charge in [0.25, 0.3) is 0 Å². The van der Waals surface area contributed by atoms with Crippen LogP contribution in [0.5, 0.6) is 0 Å². The normalized spacial score (nSPS) is 9.69. The van der Waals surface area contributed by atoms with Crippen LogP contribution in [-0.4, -0.2) is 19.7 Å². The molecule has 0 N–H and O–H groups in total. The lowest BCUT2D eigenvalue weighted by molar-refractivity contribution is -0.389. The Labute approximate surface area is 89.7 Å². The largest absolute Gasteiger partial charge is 0.390 e. The molecule has 16 heavy (non-hydrogen) atoms. The molecule has 2 rings (SSSR count). The molecule has 7 heteroatoms. The van der Waals surface area contributed by atoms with Crippen molar-refractivity contribution >= 4 is 5.82 Å². The van der Waals surface area contributed by atoms with Gasteiger partial charge in [-0.15, -0.1) is 4.68 Å². The van der Waals surface area contributed by atoms with Crippen LogP contribution in [0, 0.1) is 21.4 Å². The average molecular weight is 215 g/mol. The first-order chi connectivity index (χ1) is 7.70. The first-order valence-corrected chi connectivity index (χ1v) is 4.27. The van der Waals surface area contributed by atoms with Crippen molar-refractivity contribution in [3.8, 4) is 11.9 Å². The van der Waals surface area contributed by atoms with Gasteiger partial charge in [0.15, 0.2) is 5.82 Å². The highest BCUT2D eigenvalue weighted by atomic mass is 16.6. The van der Waals surface area contributed by atoms with Gasteiger partial charge in [-0.3, -0.25) is 0 Å². The Morgan fingerprint density at radius 3 is 2.75 bits per heavy atom. The van der Waals surface area contributed by atoms with Gasteiger partial charge in [-0.25, -0.2) is 4.98 Å². The van der Waals surface area contributed by atoms with E-state index in [1.54, 1.807) is 12.1 Å². The van der Waals surface area contributed by atoms with Crippen molar-refractivity contribution in [1.29, 1.82) is 5.26 Å². The van der Waals surface area contributed by atoms with Crippen molar-refractivity contribution in [3.05, 3.63) is 46.3 Å². The highest BCUT2D eigenvalue weighted by Gasteiger charge is 2.12. The van der Waals surface area contributed by atoms with E-state index >= 15 is 0 Å². The van der Waals surface area contributed by atoms with Gasteiger partial charge < -0.3 is 10.1 Å². The number of rotatable bonds is 2. The second-order valence-corrected chi connectivity index (χ2v) is 2.89. The summed E-state index contributed by atoms with van der Waals surface area (Å²) in [6.45, 7) is 0. The van der Waals surface area contributed by atoms with E-state index in [9.17, 15) is 10.1 Å². The van der Waals surface area contributed by atoms with Crippen LogP contribution in [-0.2, 0) is 0 Å². The van der Waals surface area contributed by atoms with Crippen molar-refractivity contribution in [3.63, 3.8) is 0 Å². The molecule has 0 saturated heterocycles. The Morgan fingerprint density at radius 2 is 2.25 bits per heavy atom. The quantitative estimate of drug-likeness (QED) is 0.550. The minimum Gasteiger partial charge on any atom is -0.358 e. The minimum atomic E-state index is -0.583. The lowest BCUT2D eigenvalue weighted by Crippen LogP contribution is -1.99. The molecule has 0 aliphatic carbocycles. The topological polar surface area (TPSA) is 97.6 Å². The molecule has 2 heterocycles. The molecule has 0 bridgehead atoms. The summed E-state index contributed by atoms with van der Waals surface area (Å²) in [5.74, 6) is 0.179. The summed E-state index contributed by atoms with van der Waals surface area (Å²) >= 11 is 0. The van der Waals surface area contributed by atoms with Gasteiger partial charge in [0.05, 0.1) is 22.9 Å². The zero-order valence-electron chi connectivity index (χ0n) is 7.94. The van der Waals surface area contributed by atoms with Crippen LogP contribution in [0.15, 0.2) is 30.6 Å². The third kappa shape index (κ3) is 1.72. The van der Waals surface area contributed by atoms with E-state index in [-0.39, 0.29) is 5.82 Å². The summed E-state index contributed by atoms with van der Waals surface area (Å²) in [6.07, 6.45) is 2.81. The van der Waals surface area contributed by atoms with Crippen LogP contribution >= 0.6 is 0 Å². The molecule has 0 spiro atoms. The van der Waals surface area contributed by atoms with Gasteiger partial charge in [0.1, 0.15) is 6.07 Å². The van der Waals surface area contributed by atoms with E-state index < -0.39 is 4.92 Å². The Hall–Kier alpha value is -2.75. The summed E-state index contributed by atoms with van der Waals surface area (Å²) in [6, 6.07) is 6.34. The van der Waals surface area contributed by atoms with Crippen molar-refractivity contribution < 1.29 is 4.92 Å².